The van der Waals surface area contributed by atoms with Crippen molar-refractivity contribution in [2.24, 2.45) is 0 Å². The van der Waals surface area contributed by atoms with Gasteiger partial charge in [-0.3, -0.25) is 4.79 Å². The van der Waals surface area contributed by atoms with Gasteiger partial charge in [-0.25, -0.2) is 4.98 Å². The van der Waals surface area contributed by atoms with Crippen LogP contribution in [0.1, 0.15) is 0 Å². The van der Waals surface area contributed by atoms with E-state index in [4.69, 9.17) is 14.2 Å². The average Bonchev–Trinajstić information content (AvgIpc) is 3.30. The lowest BCUT2D eigenvalue weighted by Gasteiger charge is -2.16. The quantitative estimate of drug-likeness (QED) is 0.728. The highest BCUT2D eigenvalue weighted by Crippen LogP contribution is 2.31. The van der Waals surface area contributed by atoms with E-state index in [9.17, 15) is 4.79 Å². The number of thiazole rings is 1. The summed E-state index contributed by atoms with van der Waals surface area (Å²) in [5, 5.41) is 3.67. The van der Waals surface area contributed by atoms with Crippen molar-refractivity contribution in [1.82, 2.24) is 9.55 Å². The molecule has 0 spiro atoms. The topological polar surface area (TPSA) is 62.6 Å². The van der Waals surface area contributed by atoms with Gasteiger partial charge in [-0.1, -0.05) is 0 Å². The number of rotatable bonds is 4. The summed E-state index contributed by atoms with van der Waals surface area (Å²) < 4.78 is 18.0. The van der Waals surface area contributed by atoms with Crippen LogP contribution in [0.5, 0.6) is 5.75 Å². The number of fused-ring (bicyclic) bond motifs is 1. The highest BCUT2D eigenvalue weighted by molar-refractivity contribution is 7.13. The molecule has 1 fully saturated rings. The Kier molecular flexibility index (Phi) is 4.05. The zero-order valence-corrected chi connectivity index (χ0v) is 13.9. The van der Waals surface area contributed by atoms with Gasteiger partial charge in [0.15, 0.2) is 6.29 Å². The van der Waals surface area contributed by atoms with Crippen LogP contribution in [-0.4, -0.2) is 36.2 Å². The lowest BCUT2D eigenvalue weighted by molar-refractivity contribution is -0.0522. The Hall–Kier alpha value is -2.22. The molecule has 1 aliphatic heterocycles. The number of hydrogen-bond donors (Lipinski definition) is 0. The highest BCUT2D eigenvalue weighted by atomic mass is 32.1. The Labute approximate surface area is 142 Å². The normalized spacial score (nSPS) is 15.2. The maximum Gasteiger partial charge on any atom is 0.251 e. The van der Waals surface area contributed by atoms with Gasteiger partial charge < -0.3 is 18.8 Å². The van der Waals surface area contributed by atoms with Gasteiger partial charge in [-0.15, -0.1) is 11.3 Å². The smallest absolute Gasteiger partial charge is 0.251 e. The molecule has 0 aliphatic carbocycles. The maximum atomic E-state index is 12.7. The summed E-state index contributed by atoms with van der Waals surface area (Å²) in [4.78, 5) is 17.1. The average molecular weight is 344 g/mol. The molecule has 24 heavy (non-hydrogen) atoms. The molecule has 0 saturated carbocycles. The van der Waals surface area contributed by atoms with E-state index in [-0.39, 0.29) is 5.56 Å². The molecule has 4 rings (SSSR count). The van der Waals surface area contributed by atoms with Crippen LogP contribution in [0, 0.1) is 0 Å². The zero-order valence-electron chi connectivity index (χ0n) is 13.1. The van der Waals surface area contributed by atoms with Crippen LogP contribution < -0.4 is 10.3 Å². The van der Waals surface area contributed by atoms with Gasteiger partial charge in [0.1, 0.15) is 10.8 Å². The molecule has 0 atom stereocenters. The summed E-state index contributed by atoms with van der Waals surface area (Å²) in [7, 11) is 1.61. The summed E-state index contributed by atoms with van der Waals surface area (Å²) >= 11 is 1.51. The number of pyridine rings is 1. The first kappa shape index (κ1) is 15.3. The fourth-order valence-electron chi connectivity index (χ4n) is 2.87. The number of benzene rings is 1. The number of ether oxygens (including phenoxy) is 3. The number of hydrogen-bond acceptors (Lipinski definition) is 6. The molecule has 0 amide bonds. The second kappa shape index (κ2) is 6.35. The predicted molar refractivity (Wildman–Crippen MR) is 91.6 cm³/mol. The van der Waals surface area contributed by atoms with Crippen LogP contribution in [0.15, 0.2) is 40.6 Å². The zero-order chi connectivity index (χ0) is 16.5. The van der Waals surface area contributed by atoms with Crippen LogP contribution in [0.25, 0.3) is 21.5 Å². The largest absolute Gasteiger partial charge is 0.497 e. The molecule has 3 heterocycles. The molecule has 7 heteroatoms. The molecule has 0 bridgehead atoms. The third-order valence-electron chi connectivity index (χ3n) is 4.00. The Morgan fingerprint density at radius 2 is 2.17 bits per heavy atom. The molecule has 0 radical (unpaired) electrons. The first-order chi connectivity index (χ1) is 11.8. The van der Waals surface area contributed by atoms with Crippen LogP contribution >= 0.6 is 11.3 Å². The van der Waals surface area contributed by atoms with Gasteiger partial charge in [0.05, 0.1) is 32.4 Å². The van der Waals surface area contributed by atoms with Gasteiger partial charge in [-0.05, 0) is 12.1 Å². The lowest BCUT2D eigenvalue weighted by Crippen LogP contribution is -2.27. The van der Waals surface area contributed by atoms with Gasteiger partial charge in [0, 0.05) is 34.7 Å². The van der Waals surface area contributed by atoms with Crippen LogP contribution in [0.2, 0.25) is 0 Å². The number of methoxy groups -OCH3 is 1. The lowest BCUT2D eigenvalue weighted by atomic mass is 10.1. The summed E-state index contributed by atoms with van der Waals surface area (Å²) in [6, 6.07) is 7.33. The Bertz CT molecular complexity index is 914. The van der Waals surface area contributed by atoms with E-state index in [1.54, 1.807) is 23.9 Å². The summed E-state index contributed by atoms with van der Waals surface area (Å²) in [5.41, 5.74) is 1.50. The molecular weight excluding hydrogens is 328 g/mol. The van der Waals surface area contributed by atoms with Crippen molar-refractivity contribution in [1.29, 1.82) is 0 Å². The summed E-state index contributed by atoms with van der Waals surface area (Å²) in [6.45, 7) is 1.45. The summed E-state index contributed by atoms with van der Waals surface area (Å²) in [5.74, 6) is 0.695. The first-order valence-electron chi connectivity index (χ1n) is 7.61. The molecule has 0 unspecified atom stereocenters. The predicted octanol–water partition coefficient (Wildman–Crippen LogP) is 2.51. The van der Waals surface area contributed by atoms with E-state index in [1.807, 2.05) is 23.6 Å². The van der Waals surface area contributed by atoms with Crippen molar-refractivity contribution >= 4 is 22.2 Å². The molecule has 124 valence electrons. The molecule has 0 N–H and O–H groups in total. The van der Waals surface area contributed by atoms with Gasteiger partial charge in [0.2, 0.25) is 0 Å². The molecule has 1 aromatic carbocycles. The Balaban J connectivity index is 1.92. The van der Waals surface area contributed by atoms with Crippen molar-refractivity contribution in [2.45, 2.75) is 12.8 Å². The van der Waals surface area contributed by atoms with E-state index in [0.29, 0.717) is 25.5 Å². The second-order valence-electron chi connectivity index (χ2n) is 5.40. The van der Waals surface area contributed by atoms with Crippen molar-refractivity contribution in [3.63, 3.8) is 0 Å². The molecule has 6 nitrogen and oxygen atoms in total. The van der Waals surface area contributed by atoms with E-state index in [0.717, 1.165) is 21.5 Å². The Morgan fingerprint density at radius 3 is 2.88 bits per heavy atom. The van der Waals surface area contributed by atoms with Gasteiger partial charge >= 0.3 is 0 Å². The van der Waals surface area contributed by atoms with Crippen LogP contribution in [0.3, 0.4) is 0 Å². The minimum Gasteiger partial charge on any atom is -0.497 e. The maximum absolute atomic E-state index is 12.7. The fourth-order valence-corrected chi connectivity index (χ4v) is 3.54. The van der Waals surface area contributed by atoms with E-state index >= 15 is 0 Å². The molecule has 1 aliphatic rings. The van der Waals surface area contributed by atoms with Gasteiger partial charge in [-0.2, -0.15) is 0 Å². The standard InChI is InChI=1S/C17H16N2O4S/c1-21-11-2-3-12-13(17-18-4-7-24-17)9-15(20)19(14(12)8-11)10-16-22-5-6-23-16/h2-4,7-9,16H,5-6,10H2,1H3. The van der Waals surface area contributed by atoms with Crippen molar-refractivity contribution in [3.8, 4) is 16.3 Å². The SMILES string of the molecule is COc1ccc2c(-c3nccs3)cc(=O)n(CC3OCCO3)c2c1. The minimum absolute atomic E-state index is 0.111. The van der Waals surface area contributed by atoms with Crippen LogP contribution in [-0.2, 0) is 16.0 Å². The third-order valence-corrected chi connectivity index (χ3v) is 4.81. The molecule has 3 aromatic rings. The van der Waals surface area contributed by atoms with Crippen LogP contribution in [0.4, 0.5) is 0 Å². The highest BCUT2D eigenvalue weighted by Gasteiger charge is 2.20. The number of nitrogens with zero attached hydrogens (tertiary/aromatic N) is 2. The van der Waals surface area contributed by atoms with E-state index in [1.165, 1.54) is 11.3 Å². The van der Waals surface area contributed by atoms with Crippen molar-refractivity contribution < 1.29 is 14.2 Å². The van der Waals surface area contributed by atoms with E-state index < -0.39 is 6.29 Å². The molecule has 2 aromatic heterocycles. The fraction of sp³-hybridized carbons (Fsp3) is 0.294. The Morgan fingerprint density at radius 1 is 1.33 bits per heavy atom. The first-order valence-corrected chi connectivity index (χ1v) is 8.49. The van der Waals surface area contributed by atoms with Crippen molar-refractivity contribution in [2.75, 3.05) is 20.3 Å². The number of aromatic nitrogens is 2. The van der Waals surface area contributed by atoms with E-state index in [2.05, 4.69) is 4.98 Å². The van der Waals surface area contributed by atoms with Crippen molar-refractivity contribution in [3.05, 3.63) is 46.2 Å². The monoisotopic (exact) mass is 344 g/mol. The minimum atomic E-state index is -0.400. The summed E-state index contributed by atoms with van der Waals surface area (Å²) in [6.07, 6.45) is 1.34. The third kappa shape index (κ3) is 2.71. The second-order valence-corrected chi connectivity index (χ2v) is 6.29. The molecular formula is C17H16N2O4S. The van der Waals surface area contributed by atoms with Gasteiger partial charge in [0.25, 0.3) is 5.56 Å². The molecule has 1 saturated heterocycles.